The Balaban J connectivity index is 1.88. The summed E-state index contributed by atoms with van der Waals surface area (Å²) in [5, 5.41) is 9.74. The third-order valence-corrected chi connectivity index (χ3v) is 4.95. The first-order valence-corrected chi connectivity index (χ1v) is 10.7. The largest absolute Gasteiger partial charge is 0.491 e. The number of pyridine rings is 1. The quantitative estimate of drug-likeness (QED) is 0.433. The van der Waals surface area contributed by atoms with Gasteiger partial charge in [-0.2, -0.15) is 8.28 Å². The third kappa shape index (κ3) is 6.41. The minimum absolute atomic E-state index is 0.0299. The Kier molecular flexibility index (Phi) is 8.41. The highest BCUT2D eigenvalue weighted by Gasteiger charge is 2.21. The van der Waals surface area contributed by atoms with E-state index < -0.39 is 12.1 Å². The van der Waals surface area contributed by atoms with Crippen LogP contribution in [0.3, 0.4) is 0 Å². The maximum absolute atomic E-state index is 13.9. The Morgan fingerprint density at radius 2 is 1.88 bits per heavy atom. The van der Waals surface area contributed by atoms with Crippen LogP contribution in [-0.2, 0) is 11.3 Å². The molecular weight excluding hydrogens is 438 g/mol. The average molecular weight is 461 g/mol. The molecule has 32 heavy (non-hydrogen) atoms. The summed E-state index contributed by atoms with van der Waals surface area (Å²) in [7, 11) is 0. The van der Waals surface area contributed by atoms with Gasteiger partial charge in [-0.1, -0.05) is 36.4 Å². The molecule has 1 unspecified atom stereocenters. The Hall–Kier alpha value is -3.17. The van der Waals surface area contributed by atoms with Gasteiger partial charge in [-0.15, -0.1) is 0 Å². The lowest BCUT2D eigenvalue weighted by molar-refractivity contribution is -0.116. The van der Waals surface area contributed by atoms with Crippen LogP contribution in [0.25, 0.3) is 0 Å². The molecule has 0 saturated carbocycles. The summed E-state index contributed by atoms with van der Waals surface area (Å²) >= 11 is 0.0299. The standard InChI is InChI=1S/C23H22F2N2O4S/c1-16(28)27(13-17-7-5-6-10-21(17)30-14-18(29)15-32-25)20-12-26-23(24)11-22(20)31-19-8-3-2-4-9-19/h2-12,18,29H,13-15H2,1H3. The molecule has 1 aromatic heterocycles. The number of hydrogen-bond donors (Lipinski definition) is 1. The fourth-order valence-electron chi connectivity index (χ4n) is 2.92. The Morgan fingerprint density at radius 3 is 2.59 bits per heavy atom. The van der Waals surface area contributed by atoms with E-state index in [1.54, 1.807) is 48.5 Å². The minimum Gasteiger partial charge on any atom is -0.491 e. The van der Waals surface area contributed by atoms with Gasteiger partial charge in [0.2, 0.25) is 11.9 Å². The lowest BCUT2D eigenvalue weighted by Gasteiger charge is -2.24. The van der Waals surface area contributed by atoms with Crippen molar-refractivity contribution in [1.82, 2.24) is 4.98 Å². The molecule has 168 valence electrons. The second-order valence-corrected chi connectivity index (χ2v) is 7.39. The van der Waals surface area contributed by atoms with Crippen LogP contribution in [0.1, 0.15) is 12.5 Å². The van der Waals surface area contributed by atoms with Gasteiger partial charge in [0, 0.05) is 30.7 Å². The summed E-state index contributed by atoms with van der Waals surface area (Å²) in [5.41, 5.74) is 0.921. The van der Waals surface area contributed by atoms with E-state index in [1.807, 2.05) is 6.07 Å². The van der Waals surface area contributed by atoms with E-state index in [0.29, 0.717) is 17.1 Å². The highest BCUT2D eigenvalue weighted by atomic mass is 32.2. The topological polar surface area (TPSA) is 71.9 Å². The van der Waals surface area contributed by atoms with Crippen molar-refractivity contribution in [1.29, 1.82) is 0 Å². The Morgan fingerprint density at radius 1 is 1.16 bits per heavy atom. The number of ether oxygens (including phenoxy) is 2. The van der Waals surface area contributed by atoms with E-state index in [9.17, 15) is 18.2 Å². The summed E-state index contributed by atoms with van der Waals surface area (Å²) < 4.78 is 37.7. The summed E-state index contributed by atoms with van der Waals surface area (Å²) in [5.74, 6) is -0.128. The zero-order valence-electron chi connectivity index (χ0n) is 17.3. The monoisotopic (exact) mass is 460 g/mol. The summed E-state index contributed by atoms with van der Waals surface area (Å²) in [6.07, 6.45) is 0.259. The number of carbonyl (C=O) groups is 1. The van der Waals surface area contributed by atoms with Crippen molar-refractivity contribution in [2.24, 2.45) is 0 Å². The van der Waals surface area contributed by atoms with Gasteiger partial charge < -0.3 is 19.5 Å². The van der Waals surface area contributed by atoms with E-state index in [4.69, 9.17) is 9.47 Å². The number of aliphatic hydroxyl groups is 1. The molecule has 3 rings (SSSR count). The molecule has 0 saturated heterocycles. The maximum atomic E-state index is 13.9. The molecule has 3 aromatic rings. The smallest absolute Gasteiger partial charge is 0.224 e. The number of carbonyl (C=O) groups excluding carboxylic acids is 1. The van der Waals surface area contributed by atoms with Crippen LogP contribution in [0.4, 0.5) is 14.0 Å². The van der Waals surface area contributed by atoms with E-state index in [2.05, 4.69) is 4.98 Å². The first-order valence-electron chi connectivity index (χ1n) is 9.76. The average Bonchev–Trinajstić information content (AvgIpc) is 2.78. The second-order valence-electron chi connectivity index (χ2n) is 6.84. The molecule has 0 aliphatic rings. The molecule has 9 heteroatoms. The summed E-state index contributed by atoms with van der Waals surface area (Å²) in [4.78, 5) is 17.6. The van der Waals surface area contributed by atoms with Crippen LogP contribution < -0.4 is 14.4 Å². The predicted molar refractivity (Wildman–Crippen MR) is 119 cm³/mol. The van der Waals surface area contributed by atoms with Gasteiger partial charge in [-0.25, -0.2) is 4.98 Å². The van der Waals surface area contributed by atoms with Crippen LogP contribution in [0.5, 0.6) is 17.2 Å². The van der Waals surface area contributed by atoms with Crippen molar-refractivity contribution < 1.29 is 27.7 Å². The lowest BCUT2D eigenvalue weighted by Crippen LogP contribution is -2.29. The van der Waals surface area contributed by atoms with Gasteiger partial charge in [-0.3, -0.25) is 4.79 Å². The zero-order chi connectivity index (χ0) is 22.9. The van der Waals surface area contributed by atoms with E-state index >= 15 is 0 Å². The zero-order valence-corrected chi connectivity index (χ0v) is 18.1. The fourth-order valence-corrected chi connectivity index (χ4v) is 3.17. The van der Waals surface area contributed by atoms with Crippen molar-refractivity contribution in [3.63, 3.8) is 0 Å². The number of amides is 1. The number of aromatic nitrogens is 1. The van der Waals surface area contributed by atoms with Crippen LogP contribution in [-0.4, -0.2) is 34.5 Å². The van der Waals surface area contributed by atoms with Gasteiger partial charge in [0.15, 0.2) is 5.75 Å². The normalized spacial score (nSPS) is 11.6. The van der Waals surface area contributed by atoms with Crippen LogP contribution in [0.2, 0.25) is 0 Å². The molecule has 0 aliphatic carbocycles. The molecular formula is C23H22F2N2O4S. The van der Waals surface area contributed by atoms with E-state index in [-0.39, 0.29) is 48.4 Å². The van der Waals surface area contributed by atoms with Gasteiger partial charge >= 0.3 is 0 Å². The molecule has 0 fully saturated rings. The number of anilines is 1. The Bertz CT molecular complexity index is 1040. The first kappa shape index (κ1) is 23.5. The number of aliphatic hydroxyl groups excluding tert-OH is 1. The number of para-hydroxylation sites is 2. The maximum Gasteiger partial charge on any atom is 0.224 e. The highest BCUT2D eigenvalue weighted by molar-refractivity contribution is 7.94. The Labute approximate surface area is 189 Å². The lowest BCUT2D eigenvalue weighted by atomic mass is 10.1. The third-order valence-electron chi connectivity index (χ3n) is 4.44. The number of rotatable bonds is 10. The van der Waals surface area contributed by atoms with Crippen LogP contribution in [0, 0.1) is 5.95 Å². The number of halogens is 2. The van der Waals surface area contributed by atoms with Gasteiger partial charge in [-0.05, 0) is 18.2 Å². The molecule has 1 amide bonds. The van der Waals surface area contributed by atoms with Crippen molar-refractivity contribution >= 4 is 23.7 Å². The molecule has 0 radical (unpaired) electrons. The fraction of sp³-hybridized carbons (Fsp3) is 0.217. The molecule has 2 aromatic carbocycles. The van der Waals surface area contributed by atoms with Gasteiger partial charge in [0.1, 0.15) is 23.8 Å². The van der Waals surface area contributed by atoms with E-state index in [0.717, 1.165) is 6.07 Å². The van der Waals surface area contributed by atoms with Crippen molar-refractivity contribution in [2.75, 3.05) is 17.3 Å². The number of nitrogens with zero attached hydrogens (tertiary/aromatic N) is 2. The number of benzene rings is 2. The molecule has 1 N–H and O–H groups in total. The van der Waals surface area contributed by atoms with Crippen LogP contribution in [0.15, 0.2) is 66.9 Å². The van der Waals surface area contributed by atoms with Gasteiger partial charge in [0.25, 0.3) is 0 Å². The van der Waals surface area contributed by atoms with Gasteiger partial charge in [0.05, 0.1) is 24.6 Å². The number of hydrogen-bond acceptors (Lipinski definition) is 6. The van der Waals surface area contributed by atoms with E-state index in [1.165, 1.54) is 18.0 Å². The summed E-state index contributed by atoms with van der Waals surface area (Å²) in [6, 6.07) is 16.9. The molecule has 1 atom stereocenters. The molecule has 0 bridgehead atoms. The van der Waals surface area contributed by atoms with Crippen LogP contribution >= 0.6 is 12.1 Å². The first-order chi connectivity index (χ1) is 15.5. The highest BCUT2D eigenvalue weighted by Crippen LogP contribution is 2.34. The SMILES string of the molecule is CC(=O)N(Cc1ccccc1OCC(O)CSF)c1cnc(F)cc1Oc1ccccc1. The van der Waals surface area contributed by atoms with Crippen molar-refractivity contribution in [3.05, 3.63) is 78.4 Å². The summed E-state index contributed by atoms with van der Waals surface area (Å²) in [6.45, 7) is 1.35. The van der Waals surface area contributed by atoms with Crippen molar-refractivity contribution in [2.45, 2.75) is 19.6 Å². The minimum atomic E-state index is -0.978. The molecule has 0 spiro atoms. The second kappa shape index (κ2) is 11.4. The van der Waals surface area contributed by atoms with Crippen molar-refractivity contribution in [3.8, 4) is 17.2 Å². The molecule has 6 nitrogen and oxygen atoms in total. The predicted octanol–water partition coefficient (Wildman–Crippen LogP) is 4.92. The molecule has 0 aliphatic heterocycles. The molecule has 1 heterocycles.